The molecule has 0 aliphatic carbocycles. The summed E-state index contributed by atoms with van der Waals surface area (Å²) in [6, 6.07) is 4.71. The third kappa shape index (κ3) is 2.58. The first kappa shape index (κ1) is 13.1. The van der Waals surface area contributed by atoms with E-state index in [1.165, 1.54) is 23.5 Å². The maximum absolute atomic E-state index is 13.3. The lowest BCUT2D eigenvalue weighted by Gasteiger charge is -2.01. The van der Waals surface area contributed by atoms with Crippen LogP contribution in [0, 0.1) is 12.7 Å². The van der Waals surface area contributed by atoms with Gasteiger partial charge in [-0.2, -0.15) is 0 Å². The molecule has 2 N–H and O–H groups in total. The predicted molar refractivity (Wildman–Crippen MR) is 70.8 cm³/mol. The third-order valence-corrected chi connectivity index (χ3v) is 3.83. The first-order chi connectivity index (χ1) is 8.65. The molecule has 0 saturated heterocycles. The van der Waals surface area contributed by atoms with Crippen molar-refractivity contribution in [2.24, 2.45) is 5.73 Å². The number of rotatable bonds is 4. The summed E-state index contributed by atoms with van der Waals surface area (Å²) in [6.45, 7) is 2.79. The number of nitrogens with zero attached hydrogens (tertiary/aromatic N) is 1. The number of methoxy groups -OCH3 is 1. The number of aryl methyl sites for hydroxylation is 1. The average Bonchev–Trinajstić information content (AvgIpc) is 2.76. The van der Waals surface area contributed by atoms with E-state index in [-0.39, 0.29) is 5.82 Å². The molecule has 96 valence electrons. The standard InChI is InChI=1S/C13H15FN2OS/c1-8-3-4-9(14)5-10(8)13-16-11(7-17-2)12(6-15)18-13/h3-5H,6-7,15H2,1-2H3. The lowest BCUT2D eigenvalue weighted by molar-refractivity contribution is 0.181. The normalized spacial score (nSPS) is 10.9. The third-order valence-electron chi connectivity index (χ3n) is 2.67. The molecule has 0 aliphatic rings. The van der Waals surface area contributed by atoms with Crippen molar-refractivity contribution in [2.75, 3.05) is 7.11 Å². The molecule has 0 saturated carbocycles. The average molecular weight is 266 g/mol. The number of nitrogens with two attached hydrogens (primary N) is 1. The summed E-state index contributed by atoms with van der Waals surface area (Å²) >= 11 is 1.49. The molecule has 0 bridgehead atoms. The molecule has 5 heteroatoms. The second-order valence-electron chi connectivity index (χ2n) is 3.99. The second kappa shape index (κ2) is 5.56. The molecule has 0 spiro atoms. The van der Waals surface area contributed by atoms with Gasteiger partial charge in [0.25, 0.3) is 0 Å². The summed E-state index contributed by atoms with van der Waals surface area (Å²) in [4.78, 5) is 5.47. The van der Waals surface area contributed by atoms with Crippen LogP contribution in [-0.2, 0) is 17.9 Å². The van der Waals surface area contributed by atoms with Crippen molar-refractivity contribution < 1.29 is 9.13 Å². The van der Waals surface area contributed by atoms with Gasteiger partial charge in [0.2, 0.25) is 0 Å². The monoisotopic (exact) mass is 266 g/mol. The van der Waals surface area contributed by atoms with Gasteiger partial charge in [-0.25, -0.2) is 9.37 Å². The van der Waals surface area contributed by atoms with E-state index < -0.39 is 0 Å². The smallest absolute Gasteiger partial charge is 0.124 e. The Kier molecular flexibility index (Phi) is 4.06. The van der Waals surface area contributed by atoms with Crippen LogP contribution in [0.25, 0.3) is 10.6 Å². The largest absolute Gasteiger partial charge is 0.378 e. The minimum atomic E-state index is -0.256. The zero-order valence-corrected chi connectivity index (χ0v) is 11.2. The van der Waals surface area contributed by atoms with Crippen LogP contribution in [0.1, 0.15) is 16.1 Å². The van der Waals surface area contributed by atoms with Gasteiger partial charge in [-0.05, 0) is 24.6 Å². The predicted octanol–water partition coefficient (Wildman–Crippen LogP) is 2.86. The van der Waals surface area contributed by atoms with Crippen molar-refractivity contribution in [3.05, 3.63) is 40.2 Å². The Bertz CT molecular complexity index is 554. The Balaban J connectivity index is 2.47. The summed E-state index contributed by atoms with van der Waals surface area (Å²) in [7, 11) is 1.62. The molecule has 0 fully saturated rings. The van der Waals surface area contributed by atoms with E-state index in [1.807, 2.05) is 6.92 Å². The molecule has 18 heavy (non-hydrogen) atoms. The number of hydrogen-bond donors (Lipinski definition) is 1. The Morgan fingerprint density at radius 1 is 1.44 bits per heavy atom. The number of benzene rings is 1. The fraction of sp³-hybridized carbons (Fsp3) is 0.308. The molecule has 2 aromatic rings. The summed E-state index contributed by atoms with van der Waals surface area (Å²) in [5.41, 5.74) is 8.33. The SMILES string of the molecule is COCc1nc(-c2cc(F)ccc2C)sc1CN. The van der Waals surface area contributed by atoms with Crippen molar-refractivity contribution >= 4 is 11.3 Å². The lowest BCUT2D eigenvalue weighted by atomic mass is 10.1. The molecule has 0 atom stereocenters. The summed E-state index contributed by atoms with van der Waals surface area (Å²) in [6.07, 6.45) is 0. The van der Waals surface area contributed by atoms with Crippen LogP contribution >= 0.6 is 11.3 Å². The molecule has 1 heterocycles. The first-order valence-electron chi connectivity index (χ1n) is 5.59. The van der Waals surface area contributed by atoms with Gasteiger partial charge in [0.1, 0.15) is 10.8 Å². The van der Waals surface area contributed by atoms with Gasteiger partial charge in [-0.15, -0.1) is 11.3 Å². The molecule has 0 amide bonds. The van der Waals surface area contributed by atoms with Gasteiger partial charge in [0, 0.05) is 24.1 Å². The van der Waals surface area contributed by atoms with Gasteiger partial charge < -0.3 is 10.5 Å². The fourth-order valence-corrected chi connectivity index (χ4v) is 2.76. The van der Waals surface area contributed by atoms with Crippen LogP contribution in [0.2, 0.25) is 0 Å². The number of halogens is 1. The Labute approximate surface area is 109 Å². The van der Waals surface area contributed by atoms with Gasteiger partial charge >= 0.3 is 0 Å². The highest BCUT2D eigenvalue weighted by Gasteiger charge is 2.13. The molecule has 2 rings (SSSR count). The van der Waals surface area contributed by atoms with Crippen LogP contribution in [0.4, 0.5) is 4.39 Å². The van der Waals surface area contributed by atoms with Crippen LogP contribution in [0.5, 0.6) is 0 Å². The van der Waals surface area contributed by atoms with E-state index >= 15 is 0 Å². The summed E-state index contributed by atoms with van der Waals surface area (Å²) in [5, 5.41) is 0.791. The van der Waals surface area contributed by atoms with Crippen molar-refractivity contribution in [1.82, 2.24) is 4.98 Å². The van der Waals surface area contributed by atoms with E-state index in [2.05, 4.69) is 4.98 Å². The minimum absolute atomic E-state index is 0.256. The minimum Gasteiger partial charge on any atom is -0.378 e. The van der Waals surface area contributed by atoms with Crippen molar-refractivity contribution in [1.29, 1.82) is 0 Å². The number of hydrogen-bond acceptors (Lipinski definition) is 4. The van der Waals surface area contributed by atoms with Crippen LogP contribution in [-0.4, -0.2) is 12.1 Å². The van der Waals surface area contributed by atoms with Crippen molar-refractivity contribution in [3.63, 3.8) is 0 Å². The Morgan fingerprint density at radius 2 is 2.22 bits per heavy atom. The van der Waals surface area contributed by atoms with E-state index in [9.17, 15) is 4.39 Å². The van der Waals surface area contributed by atoms with Gasteiger partial charge in [-0.1, -0.05) is 6.07 Å². The quantitative estimate of drug-likeness (QED) is 0.925. The molecular weight excluding hydrogens is 251 g/mol. The summed E-state index contributed by atoms with van der Waals surface area (Å²) in [5.74, 6) is -0.256. The molecule has 3 nitrogen and oxygen atoms in total. The molecular formula is C13H15FN2OS. The van der Waals surface area contributed by atoms with E-state index in [0.29, 0.717) is 13.2 Å². The van der Waals surface area contributed by atoms with Crippen LogP contribution < -0.4 is 5.73 Å². The number of aromatic nitrogens is 1. The summed E-state index contributed by atoms with van der Waals surface area (Å²) < 4.78 is 18.4. The van der Waals surface area contributed by atoms with E-state index in [4.69, 9.17) is 10.5 Å². The zero-order valence-electron chi connectivity index (χ0n) is 10.4. The Morgan fingerprint density at radius 3 is 2.89 bits per heavy atom. The van der Waals surface area contributed by atoms with Gasteiger partial charge in [-0.3, -0.25) is 0 Å². The van der Waals surface area contributed by atoms with E-state index in [0.717, 1.165) is 26.7 Å². The molecule has 1 aromatic carbocycles. The Hall–Kier alpha value is -1.30. The highest BCUT2D eigenvalue weighted by Crippen LogP contribution is 2.31. The van der Waals surface area contributed by atoms with Crippen molar-refractivity contribution in [2.45, 2.75) is 20.1 Å². The molecule has 0 unspecified atom stereocenters. The van der Waals surface area contributed by atoms with E-state index in [1.54, 1.807) is 13.2 Å². The van der Waals surface area contributed by atoms with Crippen LogP contribution in [0.15, 0.2) is 18.2 Å². The van der Waals surface area contributed by atoms with Crippen LogP contribution in [0.3, 0.4) is 0 Å². The lowest BCUT2D eigenvalue weighted by Crippen LogP contribution is -1.99. The maximum atomic E-state index is 13.3. The van der Waals surface area contributed by atoms with Gasteiger partial charge in [0.05, 0.1) is 12.3 Å². The first-order valence-corrected chi connectivity index (χ1v) is 6.41. The number of ether oxygens (including phenoxy) is 1. The highest BCUT2D eigenvalue weighted by molar-refractivity contribution is 7.15. The molecule has 1 aromatic heterocycles. The van der Waals surface area contributed by atoms with Crippen molar-refractivity contribution in [3.8, 4) is 10.6 Å². The van der Waals surface area contributed by atoms with Gasteiger partial charge in [0.15, 0.2) is 0 Å². The molecule has 0 radical (unpaired) electrons. The number of thiazole rings is 1. The maximum Gasteiger partial charge on any atom is 0.124 e. The topological polar surface area (TPSA) is 48.1 Å². The fourth-order valence-electron chi connectivity index (χ4n) is 1.73. The zero-order chi connectivity index (χ0) is 13.1. The molecule has 0 aliphatic heterocycles. The second-order valence-corrected chi connectivity index (χ2v) is 5.07. The highest BCUT2D eigenvalue weighted by atomic mass is 32.1.